The van der Waals surface area contributed by atoms with Crippen molar-refractivity contribution in [3.8, 4) is 0 Å². The Morgan fingerprint density at radius 3 is 2.53 bits per heavy atom. The van der Waals surface area contributed by atoms with Crippen molar-refractivity contribution in [2.45, 2.75) is 18.4 Å². The number of carbonyl (C=O) groups is 1. The Balaban J connectivity index is 2.02. The minimum absolute atomic E-state index is 0.00365. The average Bonchev–Trinajstić information content (AvgIpc) is 2.42. The molecule has 2 saturated heterocycles. The second-order valence-corrected chi connectivity index (χ2v) is 5.68. The van der Waals surface area contributed by atoms with Crippen molar-refractivity contribution in [1.82, 2.24) is 20.0 Å². The molecule has 6 heteroatoms. The van der Waals surface area contributed by atoms with E-state index in [1.54, 1.807) is 7.05 Å². The van der Waals surface area contributed by atoms with Crippen molar-refractivity contribution in [3.05, 3.63) is 0 Å². The third-order valence-electron chi connectivity index (χ3n) is 4.54. The van der Waals surface area contributed by atoms with Gasteiger partial charge in [0.2, 0.25) is 0 Å². The highest BCUT2D eigenvalue weighted by Crippen LogP contribution is 2.32. The molecule has 0 unspecified atom stereocenters. The van der Waals surface area contributed by atoms with Crippen molar-refractivity contribution in [2.24, 2.45) is 0 Å². The van der Waals surface area contributed by atoms with Gasteiger partial charge in [-0.2, -0.15) is 0 Å². The SMILES string of the molecule is CNC(=O)N1CCC2(CC1)CN(C)CCN2CCF. The van der Waals surface area contributed by atoms with Crippen molar-refractivity contribution in [2.75, 3.05) is 60.0 Å². The van der Waals surface area contributed by atoms with Crippen LogP contribution in [0.4, 0.5) is 9.18 Å². The summed E-state index contributed by atoms with van der Waals surface area (Å²) in [5.74, 6) is 0. The molecule has 0 aromatic heterocycles. The number of likely N-dealkylation sites (N-methyl/N-ethyl adjacent to an activating group) is 1. The lowest BCUT2D eigenvalue weighted by atomic mass is 9.83. The highest BCUT2D eigenvalue weighted by atomic mass is 19.1. The molecule has 2 fully saturated rings. The van der Waals surface area contributed by atoms with Crippen LogP contribution < -0.4 is 5.32 Å². The number of hydrogen-bond donors (Lipinski definition) is 1. The molecule has 2 aliphatic heterocycles. The van der Waals surface area contributed by atoms with E-state index in [0.29, 0.717) is 6.54 Å². The van der Waals surface area contributed by atoms with Crippen LogP contribution in [0.25, 0.3) is 0 Å². The van der Waals surface area contributed by atoms with Crippen LogP contribution in [0.5, 0.6) is 0 Å². The molecule has 0 saturated carbocycles. The molecule has 1 N–H and O–H groups in total. The molecule has 2 aliphatic rings. The Hall–Kier alpha value is -0.880. The van der Waals surface area contributed by atoms with Gasteiger partial charge in [-0.15, -0.1) is 0 Å². The fourth-order valence-corrected chi connectivity index (χ4v) is 3.42. The van der Waals surface area contributed by atoms with Crippen molar-refractivity contribution in [1.29, 1.82) is 0 Å². The molecule has 1 spiro atoms. The number of hydrogen-bond acceptors (Lipinski definition) is 3. The molecule has 0 aromatic rings. The third kappa shape index (κ3) is 3.00. The first kappa shape index (κ1) is 14.5. The number of nitrogens with zero attached hydrogens (tertiary/aromatic N) is 3. The third-order valence-corrected chi connectivity index (χ3v) is 4.54. The van der Waals surface area contributed by atoms with Crippen molar-refractivity contribution < 1.29 is 9.18 Å². The van der Waals surface area contributed by atoms with Crippen LogP contribution in [0.1, 0.15) is 12.8 Å². The van der Waals surface area contributed by atoms with Gasteiger partial charge in [-0.05, 0) is 19.9 Å². The van der Waals surface area contributed by atoms with Crippen molar-refractivity contribution in [3.63, 3.8) is 0 Å². The van der Waals surface area contributed by atoms with Gasteiger partial charge in [-0.3, -0.25) is 4.90 Å². The molecule has 2 rings (SSSR count). The summed E-state index contributed by atoms with van der Waals surface area (Å²) < 4.78 is 12.7. The van der Waals surface area contributed by atoms with Gasteiger partial charge in [0.15, 0.2) is 0 Å². The van der Waals surface area contributed by atoms with Crippen LogP contribution >= 0.6 is 0 Å². The maximum atomic E-state index is 12.7. The quantitative estimate of drug-likeness (QED) is 0.790. The molecule has 2 amide bonds. The van der Waals surface area contributed by atoms with Crippen LogP contribution in [0.3, 0.4) is 0 Å². The number of carbonyl (C=O) groups excluding carboxylic acids is 1. The van der Waals surface area contributed by atoms with Gasteiger partial charge in [-0.25, -0.2) is 9.18 Å². The number of piperidine rings is 1. The molecular weight excluding hydrogens is 247 g/mol. The number of alkyl halides is 1. The van der Waals surface area contributed by atoms with Crippen molar-refractivity contribution >= 4 is 6.03 Å². The Morgan fingerprint density at radius 1 is 1.26 bits per heavy atom. The molecule has 19 heavy (non-hydrogen) atoms. The largest absolute Gasteiger partial charge is 0.341 e. The van der Waals surface area contributed by atoms with Gasteiger partial charge in [0, 0.05) is 51.9 Å². The Labute approximate surface area is 114 Å². The maximum absolute atomic E-state index is 12.7. The lowest BCUT2D eigenvalue weighted by molar-refractivity contribution is -0.0309. The zero-order valence-electron chi connectivity index (χ0n) is 12.0. The Kier molecular flexibility index (Phi) is 4.62. The number of likely N-dealkylation sites (tertiary alicyclic amines) is 1. The number of urea groups is 1. The molecule has 0 aliphatic carbocycles. The van der Waals surface area contributed by atoms with Crippen LogP contribution in [0, 0.1) is 0 Å². The second kappa shape index (κ2) is 6.05. The Morgan fingerprint density at radius 2 is 1.95 bits per heavy atom. The lowest BCUT2D eigenvalue weighted by Crippen LogP contribution is -2.65. The lowest BCUT2D eigenvalue weighted by Gasteiger charge is -2.53. The predicted molar refractivity (Wildman–Crippen MR) is 73.0 cm³/mol. The smallest absolute Gasteiger partial charge is 0.317 e. The summed E-state index contributed by atoms with van der Waals surface area (Å²) >= 11 is 0. The zero-order valence-corrected chi connectivity index (χ0v) is 12.0. The highest BCUT2D eigenvalue weighted by Gasteiger charge is 2.43. The first-order valence-electron chi connectivity index (χ1n) is 7.07. The minimum atomic E-state index is -0.287. The number of amides is 2. The van der Waals surface area contributed by atoms with E-state index >= 15 is 0 Å². The number of nitrogens with one attached hydrogen (secondary N) is 1. The van der Waals surface area contributed by atoms with Gasteiger partial charge < -0.3 is 15.1 Å². The van der Waals surface area contributed by atoms with Crippen LogP contribution in [0.15, 0.2) is 0 Å². The topological polar surface area (TPSA) is 38.8 Å². The van der Waals surface area contributed by atoms with E-state index in [2.05, 4.69) is 22.2 Å². The van der Waals surface area contributed by atoms with E-state index in [1.807, 2.05) is 4.90 Å². The molecule has 2 heterocycles. The first-order valence-corrected chi connectivity index (χ1v) is 7.07. The number of halogens is 1. The van der Waals surface area contributed by atoms with Gasteiger partial charge in [0.1, 0.15) is 6.67 Å². The Bertz CT molecular complexity index is 318. The summed E-state index contributed by atoms with van der Waals surface area (Å²) in [4.78, 5) is 18.1. The summed E-state index contributed by atoms with van der Waals surface area (Å²) in [5.41, 5.74) is 0.0591. The van der Waals surface area contributed by atoms with E-state index in [0.717, 1.165) is 45.6 Å². The van der Waals surface area contributed by atoms with E-state index in [-0.39, 0.29) is 18.2 Å². The van der Waals surface area contributed by atoms with E-state index in [4.69, 9.17) is 0 Å². The molecule has 5 nitrogen and oxygen atoms in total. The summed E-state index contributed by atoms with van der Waals surface area (Å²) in [6, 6.07) is -0.00365. The summed E-state index contributed by atoms with van der Waals surface area (Å²) in [7, 11) is 3.79. The van der Waals surface area contributed by atoms with E-state index in [1.165, 1.54) is 0 Å². The van der Waals surface area contributed by atoms with Gasteiger partial charge >= 0.3 is 6.03 Å². The maximum Gasteiger partial charge on any atom is 0.317 e. The summed E-state index contributed by atoms with van der Waals surface area (Å²) in [6.45, 7) is 4.67. The predicted octanol–water partition coefficient (Wildman–Crippen LogP) is 0.377. The summed E-state index contributed by atoms with van der Waals surface area (Å²) in [5, 5.41) is 2.67. The first-order chi connectivity index (χ1) is 9.11. The van der Waals surface area contributed by atoms with Crippen LogP contribution in [-0.4, -0.2) is 86.3 Å². The molecule has 0 radical (unpaired) electrons. The molecule has 0 aromatic carbocycles. The fraction of sp³-hybridized carbons (Fsp3) is 0.923. The zero-order chi connectivity index (χ0) is 13.9. The second-order valence-electron chi connectivity index (χ2n) is 5.68. The molecule has 0 atom stereocenters. The van der Waals surface area contributed by atoms with Gasteiger partial charge in [0.25, 0.3) is 0 Å². The van der Waals surface area contributed by atoms with E-state index in [9.17, 15) is 9.18 Å². The van der Waals surface area contributed by atoms with E-state index < -0.39 is 0 Å². The fourth-order valence-electron chi connectivity index (χ4n) is 3.42. The number of piperazine rings is 1. The highest BCUT2D eigenvalue weighted by molar-refractivity contribution is 5.73. The summed E-state index contributed by atoms with van der Waals surface area (Å²) in [6.07, 6.45) is 1.87. The van der Waals surface area contributed by atoms with Crippen LogP contribution in [0.2, 0.25) is 0 Å². The monoisotopic (exact) mass is 272 g/mol. The molecule has 0 bridgehead atoms. The van der Waals surface area contributed by atoms with Gasteiger partial charge in [0.05, 0.1) is 0 Å². The van der Waals surface area contributed by atoms with Crippen LogP contribution in [-0.2, 0) is 0 Å². The minimum Gasteiger partial charge on any atom is -0.341 e. The standard InChI is InChI=1S/C13H25FN4O/c1-15-12(19)17-6-3-13(4-7-17)11-16(2)9-10-18(13)8-5-14/h3-11H2,1-2H3,(H,15,19). The molecule has 110 valence electrons. The molecular formula is C13H25FN4O. The average molecular weight is 272 g/mol. The van der Waals surface area contributed by atoms with Gasteiger partial charge in [-0.1, -0.05) is 0 Å². The normalized spacial score (nSPS) is 24.7. The number of rotatable bonds is 2.